The molecule has 0 saturated carbocycles. The second-order valence-electron chi connectivity index (χ2n) is 4.73. The predicted octanol–water partition coefficient (Wildman–Crippen LogP) is 3.11. The number of aryl methyl sites for hydroxylation is 1. The smallest absolute Gasteiger partial charge is 0.0726 e. The van der Waals surface area contributed by atoms with Crippen molar-refractivity contribution in [3.05, 3.63) is 54.5 Å². The molecule has 0 atom stereocenters. The number of fused-ring (bicyclic) bond motifs is 1. The molecule has 1 N–H and O–H groups in total. The molecule has 0 aliphatic heterocycles. The van der Waals surface area contributed by atoms with Crippen LogP contribution in [0.1, 0.15) is 12.6 Å². The number of aromatic nitrogens is 3. The van der Waals surface area contributed by atoms with Crippen LogP contribution in [0.4, 0.5) is 5.69 Å². The van der Waals surface area contributed by atoms with Crippen molar-refractivity contribution < 1.29 is 0 Å². The summed E-state index contributed by atoms with van der Waals surface area (Å²) in [5.74, 6) is 0. The van der Waals surface area contributed by atoms with Crippen molar-refractivity contribution in [1.29, 1.82) is 0 Å². The summed E-state index contributed by atoms with van der Waals surface area (Å²) in [6, 6.07) is 12.3. The third-order valence-corrected chi connectivity index (χ3v) is 3.35. The summed E-state index contributed by atoms with van der Waals surface area (Å²) in [7, 11) is 0. The highest BCUT2D eigenvalue weighted by molar-refractivity contribution is 5.91. The molecule has 1 aromatic carbocycles. The average molecular weight is 266 g/mol. The van der Waals surface area contributed by atoms with Gasteiger partial charge in [-0.3, -0.25) is 9.67 Å². The van der Waals surface area contributed by atoms with E-state index in [-0.39, 0.29) is 0 Å². The molecule has 0 fully saturated rings. The highest BCUT2D eigenvalue weighted by Gasteiger charge is 2.04. The van der Waals surface area contributed by atoms with Crippen LogP contribution in [0.25, 0.3) is 10.9 Å². The van der Waals surface area contributed by atoms with Crippen LogP contribution in [0.5, 0.6) is 0 Å². The van der Waals surface area contributed by atoms with Gasteiger partial charge in [0.2, 0.25) is 0 Å². The SMILES string of the molecule is CCc1cc(NCCn2cccn2)c2ccccc2n1. The van der Waals surface area contributed by atoms with Crippen LogP contribution in [0, 0.1) is 0 Å². The molecule has 0 aliphatic carbocycles. The van der Waals surface area contributed by atoms with Gasteiger partial charge in [0.25, 0.3) is 0 Å². The van der Waals surface area contributed by atoms with E-state index in [9.17, 15) is 0 Å². The fraction of sp³-hybridized carbons (Fsp3) is 0.250. The van der Waals surface area contributed by atoms with Gasteiger partial charge in [-0.1, -0.05) is 25.1 Å². The maximum Gasteiger partial charge on any atom is 0.0726 e. The van der Waals surface area contributed by atoms with Crippen molar-refractivity contribution in [2.24, 2.45) is 0 Å². The normalized spacial score (nSPS) is 10.8. The van der Waals surface area contributed by atoms with Crippen molar-refractivity contribution in [3.8, 4) is 0 Å². The Labute approximate surface area is 118 Å². The van der Waals surface area contributed by atoms with E-state index in [0.29, 0.717) is 0 Å². The third kappa shape index (κ3) is 2.64. The molecule has 0 saturated heterocycles. The summed E-state index contributed by atoms with van der Waals surface area (Å²) in [6.07, 6.45) is 4.72. The number of hydrogen-bond donors (Lipinski definition) is 1. The highest BCUT2D eigenvalue weighted by atomic mass is 15.3. The molecule has 0 bridgehead atoms. The van der Waals surface area contributed by atoms with Crippen molar-refractivity contribution in [2.75, 3.05) is 11.9 Å². The van der Waals surface area contributed by atoms with Crippen LogP contribution in [0.15, 0.2) is 48.8 Å². The molecule has 0 unspecified atom stereocenters. The second-order valence-corrected chi connectivity index (χ2v) is 4.73. The number of para-hydroxylation sites is 1. The molecule has 0 amide bonds. The molecule has 102 valence electrons. The van der Waals surface area contributed by atoms with Gasteiger partial charge >= 0.3 is 0 Å². The van der Waals surface area contributed by atoms with Gasteiger partial charge in [0.05, 0.1) is 12.1 Å². The first-order valence-corrected chi connectivity index (χ1v) is 6.97. The van der Waals surface area contributed by atoms with E-state index in [1.165, 1.54) is 5.39 Å². The third-order valence-electron chi connectivity index (χ3n) is 3.35. The Balaban J connectivity index is 1.82. The lowest BCUT2D eigenvalue weighted by Gasteiger charge is -2.11. The number of anilines is 1. The fourth-order valence-electron chi connectivity index (χ4n) is 2.30. The first-order valence-electron chi connectivity index (χ1n) is 6.97. The minimum Gasteiger partial charge on any atom is -0.383 e. The molecular weight excluding hydrogens is 248 g/mol. The van der Waals surface area contributed by atoms with Gasteiger partial charge < -0.3 is 5.32 Å². The Morgan fingerprint density at radius 1 is 1.20 bits per heavy atom. The molecule has 2 heterocycles. The summed E-state index contributed by atoms with van der Waals surface area (Å²) >= 11 is 0. The monoisotopic (exact) mass is 266 g/mol. The van der Waals surface area contributed by atoms with Crippen molar-refractivity contribution >= 4 is 16.6 Å². The van der Waals surface area contributed by atoms with Gasteiger partial charge in [0, 0.05) is 35.7 Å². The van der Waals surface area contributed by atoms with Gasteiger partial charge in [-0.15, -0.1) is 0 Å². The predicted molar refractivity (Wildman–Crippen MR) is 81.8 cm³/mol. The van der Waals surface area contributed by atoms with Crippen LogP contribution in [-0.4, -0.2) is 21.3 Å². The summed E-state index contributed by atoms with van der Waals surface area (Å²) in [5.41, 5.74) is 3.32. The topological polar surface area (TPSA) is 42.7 Å². The molecule has 0 spiro atoms. The fourth-order valence-corrected chi connectivity index (χ4v) is 2.30. The quantitative estimate of drug-likeness (QED) is 0.771. The maximum atomic E-state index is 4.65. The number of benzene rings is 1. The van der Waals surface area contributed by atoms with E-state index < -0.39 is 0 Å². The summed E-state index contributed by atoms with van der Waals surface area (Å²) < 4.78 is 1.93. The van der Waals surface area contributed by atoms with Crippen LogP contribution in [0.2, 0.25) is 0 Å². The lowest BCUT2D eigenvalue weighted by atomic mass is 10.1. The zero-order chi connectivity index (χ0) is 13.8. The molecule has 0 radical (unpaired) electrons. The van der Waals surface area contributed by atoms with E-state index >= 15 is 0 Å². The minimum atomic E-state index is 0.846. The Hall–Kier alpha value is -2.36. The molecule has 20 heavy (non-hydrogen) atoms. The molecule has 4 heteroatoms. The standard InChI is InChI=1S/C16H18N4/c1-2-13-12-16(14-6-3-4-7-15(14)19-13)17-9-11-20-10-5-8-18-20/h3-8,10,12H,2,9,11H2,1H3,(H,17,19). The average Bonchev–Trinajstić information content (AvgIpc) is 3.00. The van der Waals surface area contributed by atoms with Crippen molar-refractivity contribution in [2.45, 2.75) is 19.9 Å². The van der Waals surface area contributed by atoms with Crippen molar-refractivity contribution in [3.63, 3.8) is 0 Å². The number of pyridine rings is 1. The van der Waals surface area contributed by atoms with Crippen LogP contribution >= 0.6 is 0 Å². The van der Waals surface area contributed by atoms with Crippen molar-refractivity contribution in [1.82, 2.24) is 14.8 Å². The zero-order valence-electron chi connectivity index (χ0n) is 11.6. The van der Waals surface area contributed by atoms with E-state index in [1.807, 2.05) is 29.1 Å². The van der Waals surface area contributed by atoms with Gasteiger partial charge in [0.1, 0.15) is 0 Å². The van der Waals surface area contributed by atoms with Gasteiger partial charge in [-0.25, -0.2) is 0 Å². The Bertz CT molecular complexity index is 689. The van der Waals surface area contributed by atoms with E-state index in [0.717, 1.165) is 36.4 Å². The number of rotatable bonds is 5. The molecular formula is C16H18N4. The van der Waals surface area contributed by atoms with E-state index in [2.05, 4.69) is 40.5 Å². The van der Waals surface area contributed by atoms with Gasteiger partial charge in [-0.2, -0.15) is 5.10 Å². The van der Waals surface area contributed by atoms with Crippen LogP contribution in [-0.2, 0) is 13.0 Å². The van der Waals surface area contributed by atoms with Crippen LogP contribution in [0.3, 0.4) is 0 Å². The molecule has 3 rings (SSSR count). The van der Waals surface area contributed by atoms with Gasteiger partial charge in [-0.05, 0) is 24.6 Å². The summed E-state index contributed by atoms with van der Waals surface area (Å²) in [6.45, 7) is 3.83. The maximum absolute atomic E-state index is 4.65. The van der Waals surface area contributed by atoms with E-state index in [4.69, 9.17) is 0 Å². The Kier molecular flexibility index (Phi) is 3.63. The minimum absolute atomic E-state index is 0.846. The largest absolute Gasteiger partial charge is 0.383 e. The Morgan fingerprint density at radius 2 is 2.10 bits per heavy atom. The first-order chi connectivity index (χ1) is 9.86. The van der Waals surface area contributed by atoms with Crippen LogP contribution < -0.4 is 5.32 Å². The van der Waals surface area contributed by atoms with E-state index in [1.54, 1.807) is 6.20 Å². The number of nitrogens with zero attached hydrogens (tertiary/aromatic N) is 3. The molecule has 4 nitrogen and oxygen atoms in total. The number of nitrogens with one attached hydrogen (secondary N) is 1. The zero-order valence-corrected chi connectivity index (χ0v) is 11.6. The summed E-state index contributed by atoms with van der Waals surface area (Å²) in [5, 5.41) is 8.88. The summed E-state index contributed by atoms with van der Waals surface area (Å²) in [4.78, 5) is 4.65. The second kappa shape index (κ2) is 5.74. The molecule has 2 aromatic heterocycles. The highest BCUT2D eigenvalue weighted by Crippen LogP contribution is 2.23. The Morgan fingerprint density at radius 3 is 2.90 bits per heavy atom. The molecule has 0 aliphatic rings. The molecule has 3 aromatic rings. The first kappa shape index (κ1) is 12.7. The number of hydrogen-bond acceptors (Lipinski definition) is 3. The van der Waals surface area contributed by atoms with Gasteiger partial charge in [0.15, 0.2) is 0 Å². The lowest BCUT2D eigenvalue weighted by molar-refractivity contribution is 0.638. The lowest BCUT2D eigenvalue weighted by Crippen LogP contribution is -2.11.